The third-order valence-corrected chi connectivity index (χ3v) is 3.62. The maximum atomic E-state index is 12.1. The van der Waals surface area contributed by atoms with E-state index in [1.165, 1.54) is 6.92 Å². The highest BCUT2D eigenvalue weighted by Crippen LogP contribution is 2.21. The number of aliphatic carboxylic acids is 1. The monoisotopic (exact) mass is 385 g/mol. The Morgan fingerprint density at radius 3 is 2.23 bits per heavy atom. The van der Waals surface area contributed by atoms with Crippen molar-refractivity contribution in [1.29, 1.82) is 0 Å². The van der Waals surface area contributed by atoms with Crippen LogP contribution in [0.4, 0.5) is 4.79 Å². The summed E-state index contributed by atoms with van der Waals surface area (Å²) in [5.74, 6) is -1.48. The fourth-order valence-electron chi connectivity index (χ4n) is 1.96. The average Bonchev–Trinajstić information content (AvgIpc) is 2.51. The van der Waals surface area contributed by atoms with E-state index in [1.807, 2.05) is 0 Å². The molecule has 0 aliphatic rings. The van der Waals surface area contributed by atoms with Crippen LogP contribution in [0.15, 0.2) is 24.3 Å². The number of alkyl carbamates (subject to hydrolysis) is 1. The van der Waals surface area contributed by atoms with Gasteiger partial charge in [0.1, 0.15) is 0 Å². The van der Waals surface area contributed by atoms with Crippen LogP contribution in [0.25, 0.3) is 0 Å². The Morgan fingerprint density at radius 1 is 1.15 bits per heavy atom. The summed E-state index contributed by atoms with van der Waals surface area (Å²) in [6.07, 6.45) is -1.86. The Bertz CT molecular complexity index is 638. The number of carboxylic acid groups (broad SMARTS) is 1. The first-order valence-electron chi connectivity index (χ1n) is 8.14. The standard InChI is InChI=1S/C18H24ClNO6/c1-11(25-16(23)18(2,3)4)26-17(24)20-14(9-10-15(21)22)12-5-7-13(19)8-6-12/h5-8,11,14H,9-10H2,1-4H3,(H,20,24)(H,21,22). The number of benzene rings is 1. The number of esters is 1. The average molecular weight is 386 g/mol. The summed E-state index contributed by atoms with van der Waals surface area (Å²) in [6.45, 7) is 6.48. The van der Waals surface area contributed by atoms with Gasteiger partial charge >= 0.3 is 18.0 Å². The number of hydrogen-bond acceptors (Lipinski definition) is 5. The highest BCUT2D eigenvalue weighted by Gasteiger charge is 2.26. The highest BCUT2D eigenvalue weighted by atomic mass is 35.5. The van der Waals surface area contributed by atoms with Gasteiger partial charge in [0.2, 0.25) is 6.29 Å². The van der Waals surface area contributed by atoms with Gasteiger partial charge in [-0.25, -0.2) is 4.79 Å². The van der Waals surface area contributed by atoms with Crippen molar-refractivity contribution in [2.45, 2.75) is 52.9 Å². The largest absolute Gasteiger partial charge is 0.481 e. The Hall–Kier alpha value is -2.28. The lowest BCUT2D eigenvalue weighted by Crippen LogP contribution is -2.35. The van der Waals surface area contributed by atoms with Crippen molar-refractivity contribution in [2.75, 3.05) is 0 Å². The zero-order chi connectivity index (χ0) is 19.9. The molecule has 144 valence electrons. The van der Waals surface area contributed by atoms with Gasteiger partial charge < -0.3 is 19.9 Å². The van der Waals surface area contributed by atoms with Crippen LogP contribution in [-0.2, 0) is 19.1 Å². The molecular formula is C18H24ClNO6. The third-order valence-electron chi connectivity index (χ3n) is 3.37. The molecule has 8 heteroatoms. The Balaban J connectivity index is 2.71. The number of rotatable bonds is 7. The molecule has 0 saturated heterocycles. The van der Waals surface area contributed by atoms with Gasteiger partial charge in [0.05, 0.1) is 11.5 Å². The first kappa shape index (κ1) is 21.8. The quantitative estimate of drug-likeness (QED) is 0.545. The number of halogens is 1. The van der Waals surface area contributed by atoms with Crippen LogP contribution in [0.1, 0.15) is 52.1 Å². The molecule has 1 aromatic carbocycles. The van der Waals surface area contributed by atoms with E-state index in [1.54, 1.807) is 45.0 Å². The molecule has 7 nitrogen and oxygen atoms in total. The fourth-order valence-corrected chi connectivity index (χ4v) is 2.09. The number of ether oxygens (including phenoxy) is 2. The zero-order valence-corrected chi connectivity index (χ0v) is 16.0. The van der Waals surface area contributed by atoms with E-state index in [0.29, 0.717) is 10.6 Å². The lowest BCUT2D eigenvalue weighted by Gasteiger charge is -2.23. The van der Waals surface area contributed by atoms with E-state index in [9.17, 15) is 14.4 Å². The van der Waals surface area contributed by atoms with Crippen molar-refractivity contribution in [2.24, 2.45) is 5.41 Å². The molecular weight excluding hydrogens is 362 g/mol. The van der Waals surface area contributed by atoms with Crippen LogP contribution >= 0.6 is 11.6 Å². The smallest absolute Gasteiger partial charge is 0.410 e. The van der Waals surface area contributed by atoms with Crippen LogP contribution in [0.5, 0.6) is 0 Å². The maximum Gasteiger partial charge on any atom is 0.410 e. The van der Waals surface area contributed by atoms with Gasteiger partial charge in [-0.3, -0.25) is 9.59 Å². The van der Waals surface area contributed by atoms with E-state index >= 15 is 0 Å². The van der Waals surface area contributed by atoms with Gasteiger partial charge in [-0.15, -0.1) is 0 Å². The molecule has 0 aliphatic carbocycles. The van der Waals surface area contributed by atoms with Gasteiger partial charge in [-0.2, -0.15) is 0 Å². The Kier molecular flexibility index (Phi) is 7.89. The number of amides is 1. The molecule has 0 aliphatic heterocycles. The summed E-state index contributed by atoms with van der Waals surface area (Å²) < 4.78 is 10.1. The van der Waals surface area contributed by atoms with E-state index in [-0.39, 0.29) is 12.8 Å². The number of carbonyl (C=O) groups is 3. The molecule has 0 heterocycles. The van der Waals surface area contributed by atoms with E-state index in [4.69, 9.17) is 26.2 Å². The van der Waals surface area contributed by atoms with Gasteiger partial charge in [0, 0.05) is 18.4 Å². The molecule has 1 aromatic rings. The van der Waals surface area contributed by atoms with Crippen molar-refractivity contribution in [3.8, 4) is 0 Å². The second kappa shape index (κ2) is 9.43. The van der Waals surface area contributed by atoms with Crippen molar-refractivity contribution in [3.05, 3.63) is 34.9 Å². The minimum absolute atomic E-state index is 0.137. The normalized spacial score (nSPS) is 13.4. The highest BCUT2D eigenvalue weighted by molar-refractivity contribution is 6.30. The number of carboxylic acids is 1. The molecule has 2 unspecified atom stereocenters. The molecule has 1 rings (SSSR count). The van der Waals surface area contributed by atoms with Crippen LogP contribution in [0.2, 0.25) is 5.02 Å². The molecule has 0 aromatic heterocycles. The van der Waals surface area contributed by atoms with Crippen LogP contribution < -0.4 is 5.32 Å². The molecule has 0 fully saturated rings. The second-order valence-electron chi connectivity index (χ2n) is 6.81. The topological polar surface area (TPSA) is 102 Å². The fraction of sp³-hybridized carbons (Fsp3) is 0.500. The lowest BCUT2D eigenvalue weighted by atomic mass is 9.97. The lowest BCUT2D eigenvalue weighted by molar-refractivity contribution is -0.174. The number of carbonyl (C=O) groups excluding carboxylic acids is 2. The predicted octanol–water partition coefficient (Wildman–Crippen LogP) is 3.91. The molecule has 0 spiro atoms. The first-order chi connectivity index (χ1) is 12.0. The maximum absolute atomic E-state index is 12.1. The summed E-state index contributed by atoms with van der Waals surface area (Å²) in [5, 5.41) is 12.0. The molecule has 0 saturated carbocycles. The van der Waals surface area contributed by atoms with E-state index < -0.39 is 35.8 Å². The molecule has 0 radical (unpaired) electrons. The minimum atomic E-state index is -1.08. The predicted molar refractivity (Wildman–Crippen MR) is 95.7 cm³/mol. The summed E-state index contributed by atoms with van der Waals surface area (Å²) in [4.78, 5) is 34.7. The van der Waals surface area contributed by atoms with Crippen LogP contribution in [0.3, 0.4) is 0 Å². The van der Waals surface area contributed by atoms with Crippen molar-refractivity contribution in [1.82, 2.24) is 5.32 Å². The van der Waals surface area contributed by atoms with Crippen molar-refractivity contribution >= 4 is 29.6 Å². The van der Waals surface area contributed by atoms with Gasteiger partial charge in [-0.1, -0.05) is 23.7 Å². The minimum Gasteiger partial charge on any atom is -0.481 e. The molecule has 2 atom stereocenters. The second-order valence-corrected chi connectivity index (χ2v) is 7.25. The van der Waals surface area contributed by atoms with Gasteiger partial charge in [-0.05, 0) is 44.9 Å². The van der Waals surface area contributed by atoms with E-state index in [0.717, 1.165) is 0 Å². The Labute approximate surface area is 157 Å². The molecule has 1 amide bonds. The summed E-state index contributed by atoms with van der Waals surface area (Å²) in [5.41, 5.74) is -0.0338. The van der Waals surface area contributed by atoms with Crippen LogP contribution in [0, 0.1) is 5.41 Å². The molecule has 26 heavy (non-hydrogen) atoms. The molecule has 2 N–H and O–H groups in total. The summed E-state index contributed by atoms with van der Waals surface area (Å²) in [6, 6.07) is 6.09. The van der Waals surface area contributed by atoms with E-state index in [2.05, 4.69) is 5.32 Å². The molecule has 0 bridgehead atoms. The first-order valence-corrected chi connectivity index (χ1v) is 8.52. The summed E-state index contributed by atoms with van der Waals surface area (Å²) in [7, 11) is 0. The van der Waals surface area contributed by atoms with Gasteiger partial charge in [0.15, 0.2) is 0 Å². The SMILES string of the molecule is CC(OC(=O)NC(CCC(=O)O)c1ccc(Cl)cc1)OC(=O)C(C)(C)C. The number of nitrogens with one attached hydrogen (secondary N) is 1. The zero-order valence-electron chi connectivity index (χ0n) is 15.2. The van der Waals surface area contributed by atoms with Gasteiger partial charge in [0.25, 0.3) is 0 Å². The summed E-state index contributed by atoms with van der Waals surface area (Å²) >= 11 is 5.85. The van der Waals surface area contributed by atoms with Crippen LogP contribution in [-0.4, -0.2) is 29.4 Å². The van der Waals surface area contributed by atoms with Crippen molar-refractivity contribution in [3.63, 3.8) is 0 Å². The third kappa shape index (κ3) is 7.74. The Morgan fingerprint density at radius 2 is 1.73 bits per heavy atom. The van der Waals surface area contributed by atoms with Crippen molar-refractivity contribution < 1.29 is 29.0 Å². The number of hydrogen-bond donors (Lipinski definition) is 2.